The molecule has 1 fully saturated rings. The molecule has 0 spiro atoms. The van der Waals surface area contributed by atoms with Crippen molar-refractivity contribution in [2.45, 2.75) is 44.6 Å². The Bertz CT molecular complexity index is 445. The molecular weight excluding hydrogens is 270 g/mol. The lowest BCUT2D eigenvalue weighted by atomic mass is 9.91. The van der Waals surface area contributed by atoms with Crippen molar-refractivity contribution in [1.29, 1.82) is 0 Å². The minimum absolute atomic E-state index is 0.777. The molecule has 2 nitrogen and oxygen atoms in total. The smallest absolute Gasteiger partial charge is 0.122 e. The second-order valence-electron chi connectivity index (χ2n) is 5.95. The first-order valence-corrected chi connectivity index (χ1v) is 8.45. The number of benzene rings is 1. The van der Waals surface area contributed by atoms with Crippen LogP contribution < -0.4 is 4.74 Å². The molecule has 1 heterocycles. The second kappa shape index (κ2) is 6.82. The molecule has 1 aliphatic heterocycles. The normalized spacial score (nSPS) is 17.9. The van der Waals surface area contributed by atoms with Crippen molar-refractivity contribution in [2.24, 2.45) is 0 Å². The van der Waals surface area contributed by atoms with E-state index < -0.39 is 0 Å². The lowest BCUT2D eigenvalue weighted by Gasteiger charge is -2.37. The second-order valence-corrected chi connectivity index (χ2v) is 6.33. The van der Waals surface area contributed by atoms with E-state index in [1.807, 2.05) is 0 Å². The van der Waals surface area contributed by atoms with Crippen molar-refractivity contribution in [3.8, 4) is 5.75 Å². The Hall–Kier alpha value is -0.730. The zero-order valence-corrected chi connectivity index (χ0v) is 12.9. The summed E-state index contributed by atoms with van der Waals surface area (Å²) in [5.41, 5.74) is 2.84. The van der Waals surface area contributed by atoms with E-state index in [-0.39, 0.29) is 0 Å². The molecule has 3 rings (SSSR count). The van der Waals surface area contributed by atoms with E-state index in [0.717, 1.165) is 50.1 Å². The van der Waals surface area contributed by atoms with E-state index in [4.69, 9.17) is 16.3 Å². The molecule has 0 atom stereocenters. The number of alkyl halides is 1. The van der Waals surface area contributed by atoms with Crippen LogP contribution in [-0.2, 0) is 12.8 Å². The summed E-state index contributed by atoms with van der Waals surface area (Å²) in [5, 5.41) is 0. The number of halogens is 1. The van der Waals surface area contributed by atoms with Crippen LogP contribution >= 0.6 is 11.6 Å². The fourth-order valence-corrected chi connectivity index (χ4v) is 3.28. The third-order valence-electron chi connectivity index (χ3n) is 4.61. The molecule has 3 heteroatoms. The number of rotatable bonds is 7. The monoisotopic (exact) mass is 293 g/mol. The molecule has 0 radical (unpaired) electrons. The molecule has 2 aliphatic rings. The highest BCUT2D eigenvalue weighted by Gasteiger charge is 2.24. The van der Waals surface area contributed by atoms with Gasteiger partial charge in [0.15, 0.2) is 0 Å². The van der Waals surface area contributed by atoms with Crippen molar-refractivity contribution in [3.63, 3.8) is 0 Å². The number of fused-ring (bicyclic) bond motifs is 1. The fraction of sp³-hybridized carbons (Fsp3) is 0.647. The van der Waals surface area contributed by atoms with Gasteiger partial charge in [0.05, 0.1) is 6.61 Å². The lowest BCUT2D eigenvalue weighted by molar-refractivity contribution is 0.129. The van der Waals surface area contributed by atoms with Crippen LogP contribution in [0, 0.1) is 0 Å². The molecule has 0 amide bonds. The maximum atomic E-state index is 5.85. The van der Waals surface area contributed by atoms with Gasteiger partial charge in [-0.15, -0.1) is 11.6 Å². The van der Waals surface area contributed by atoms with E-state index in [1.54, 1.807) is 0 Å². The van der Waals surface area contributed by atoms with Crippen LogP contribution in [0.25, 0.3) is 0 Å². The molecule has 0 bridgehead atoms. The predicted molar refractivity (Wildman–Crippen MR) is 83.9 cm³/mol. The third-order valence-corrected chi connectivity index (χ3v) is 4.88. The van der Waals surface area contributed by atoms with Crippen LogP contribution in [0.4, 0.5) is 0 Å². The Morgan fingerprint density at radius 3 is 2.90 bits per heavy atom. The van der Waals surface area contributed by atoms with E-state index in [9.17, 15) is 0 Å². The molecule has 1 aromatic carbocycles. The van der Waals surface area contributed by atoms with Crippen molar-refractivity contribution in [1.82, 2.24) is 4.90 Å². The van der Waals surface area contributed by atoms with Gasteiger partial charge in [0.25, 0.3) is 0 Å². The van der Waals surface area contributed by atoms with Crippen molar-refractivity contribution >= 4 is 11.6 Å². The quantitative estimate of drug-likeness (QED) is 0.712. The average molecular weight is 294 g/mol. The SMILES string of the molecule is ClCCCN(CCc1ccc2c(c1)CCO2)C1CCC1. The lowest BCUT2D eigenvalue weighted by Crippen LogP contribution is -2.42. The van der Waals surface area contributed by atoms with Gasteiger partial charge in [0, 0.05) is 24.9 Å². The van der Waals surface area contributed by atoms with Crippen LogP contribution in [0.2, 0.25) is 0 Å². The van der Waals surface area contributed by atoms with Crippen molar-refractivity contribution < 1.29 is 4.74 Å². The number of hydrogen-bond acceptors (Lipinski definition) is 2. The van der Waals surface area contributed by atoms with Gasteiger partial charge in [0.2, 0.25) is 0 Å². The molecule has 0 aromatic heterocycles. The number of nitrogens with zero attached hydrogens (tertiary/aromatic N) is 1. The Morgan fingerprint density at radius 1 is 1.25 bits per heavy atom. The predicted octanol–water partition coefficient (Wildman–Crippen LogP) is 3.65. The summed E-state index contributed by atoms with van der Waals surface area (Å²) in [6.07, 6.45) is 7.47. The zero-order valence-electron chi connectivity index (χ0n) is 12.1. The summed E-state index contributed by atoms with van der Waals surface area (Å²) in [5.74, 6) is 1.87. The summed E-state index contributed by atoms with van der Waals surface area (Å²) < 4.78 is 5.57. The minimum Gasteiger partial charge on any atom is -0.493 e. The van der Waals surface area contributed by atoms with Gasteiger partial charge in [-0.1, -0.05) is 18.6 Å². The first-order valence-electron chi connectivity index (χ1n) is 7.91. The summed E-state index contributed by atoms with van der Waals surface area (Å²) in [4.78, 5) is 2.65. The van der Waals surface area contributed by atoms with Gasteiger partial charge in [-0.2, -0.15) is 0 Å². The maximum absolute atomic E-state index is 5.85. The van der Waals surface area contributed by atoms with E-state index in [0.29, 0.717) is 0 Å². The molecule has 110 valence electrons. The van der Waals surface area contributed by atoms with Gasteiger partial charge in [-0.25, -0.2) is 0 Å². The fourth-order valence-electron chi connectivity index (χ4n) is 3.16. The van der Waals surface area contributed by atoms with Crippen LogP contribution in [0.1, 0.15) is 36.8 Å². The largest absolute Gasteiger partial charge is 0.493 e. The molecule has 0 unspecified atom stereocenters. The third kappa shape index (κ3) is 3.29. The van der Waals surface area contributed by atoms with E-state index in [2.05, 4.69) is 23.1 Å². The van der Waals surface area contributed by atoms with Gasteiger partial charge in [0.1, 0.15) is 5.75 Å². The summed E-state index contributed by atoms with van der Waals surface area (Å²) >= 11 is 5.85. The van der Waals surface area contributed by atoms with Gasteiger partial charge < -0.3 is 9.64 Å². The van der Waals surface area contributed by atoms with Crippen molar-refractivity contribution in [3.05, 3.63) is 29.3 Å². The molecule has 1 saturated carbocycles. The number of hydrogen-bond donors (Lipinski definition) is 0. The first kappa shape index (κ1) is 14.2. The van der Waals surface area contributed by atoms with Gasteiger partial charge in [-0.05, 0) is 49.4 Å². The Morgan fingerprint density at radius 2 is 2.15 bits per heavy atom. The topological polar surface area (TPSA) is 12.5 Å². The highest BCUT2D eigenvalue weighted by atomic mass is 35.5. The summed E-state index contributed by atoms with van der Waals surface area (Å²) in [6.45, 7) is 3.17. The average Bonchev–Trinajstić information content (AvgIpc) is 2.87. The molecular formula is C17H24ClNO. The standard InChI is InChI=1S/C17H24ClNO/c18-9-2-10-19(16-3-1-4-16)11-7-14-5-6-17-15(13-14)8-12-20-17/h5-6,13,16H,1-4,7-12H2. The molecule has 20 heavy (non-hydrogen) atoms. The Kier molecular flexibility index (Phi) is 4.85. The van der Waals surface area contributed by atoms with Crippen LogP contribution in [-0.4, -0.2) is 36.5 Å². The first-order chi connectivity index (χ1) is 9.86. The molecule has 0 saturated heterocycles. The molecule has 1 aromatic rings. The van der Waals surface area contributed by atoms with Crippen LogP contribution in [0.5, 0.6) is 5.75 Å². The van der Waals surface area contributed by atoms with Gasteiger partial charge in [-0.3, -0.25) is 0 Å². The molecule has 0 N–H and O–H groups in total. The summed E-state index contributed by atoms with van der Waals surface area (Å²) in [7, 11) is 0. The summed E-state index contributed by atoms with van der Waals surface area (Å²) in [6, 6.07) is 7.52. The van der Waals surface area contributed by atoms with E-state index in [1.165, 1.54) is 36.9 Å². The highest BCUT2D eigenvalue weighted by molar-refractivity contribution is 6.17. The van der Waals surface area contributed by atoms with E-state index >= 15 is 0 Å². The van der Waals surface area contributed by atoms with Crippen LogP contribution in [0.15, 0.2) is 18.2 Å². The molecule has 1 aliphatic carbocycles. The minimum atomic E-state index is 0.777. The zero-order chi connectivity index (χ0) is 13.8. The highest BCUT2D eigenvalue weighted by Crippen LogP contribution is 2.27. The Balaban J connectivity index is 1.56. The number of ether oxygens (including phenoxy) is 1. The van der Waals surface area contributed by atoms with Crippen LogP contribution in [0.3, 0.4) is 0 Å². The Labute approximate surface area is 127 Å². The maximum Gasteiger partial charge on any atom is 0.122 e. The van der Waals surface area contributed by atoms with Gasteiger partial charge >= 0.3 is 0 Å². The van der Waals surface area contributed by atoms with Crippen molar-refractivity contribution in [2.75, 3.05) is 25.6 Å².